The zero-order valence-corrected chi connectivity index (χ0v) is 17.7. The lowest BCUT2D eigenvalue weighted by Crippen LogP contribution is -2.44. The Morgan fingerprint density at radius 2 is 2.03 bits per heavy atom. The van der Waals surface area contributed by atoms with Gasteiger partial charge in [0.2, 0.25) is 0 Å². The number of halogens is 2. The molecule has 0 radical (unpaired) electrons. The Labute approximate surface area is 182 Å². The van der Waals surface area contributed by atoms with Gasteiger partial charge < -0.3 is 20.3 Å². The van der Waals surface area contributed by atoms with Crippen molar-refractivity contribution in [1.29, 1.82) is 0 Å². The summed E-state index contributed by atoms with van der Waals surface area (Å²) in [6, 6.07) is 6.11. The molecule has 168 valence electrons. The molecule has 2 aliphatic heterocycles. The van der Waals surface area contributed by atoms with E-state index in [1.54, 1.807) is 18.2 Å². The summed E-state index contributed by atoms with van der Waals surface area (Å²) in [6.45, 7) is 4.39. The van der Waals surface area contributed by atoms with Crippen LogP contribution in [-0.2, 0) is 13.0 Å². The summed E-state index contributed by atoms with van der Waals surface area (Å²) >= 11 is 0. The molecule has 2 aromatic heterocycles. The molecule has 0 saturated carbocycles. The van der Waals surface area contributed by atoms with Crippen molar-refractivity contribution in [3.8, 4) is 5.75 Å². The van der Waals surface area contributed by atoms with Gasteiger partial charge in [-0.15, -0.1) is 10.2 Å². The van der Waals surface area contributed by atoms with Crippen LogP contribution >= 0.6 is 0 Å². The van der Waals surface area contributed by atoms with E-state index in [9.17, 15) is 13.6 Å². The Balaban J connectivity index is 1.55. The van der Waals surface area contributed by atoms with Gasteiger partial charge in [-0.3, -0.25) is 4.79 Å². The molecule has 1 atom stereocenters. The number of hydrogen-bond donors (Lipinski definition) is 2. The van der Waals surface area contributed by atoms with Gasteiger partial charge >= 0.3 is 5.92 Å². The van der Waals surface area contributed by atoms with E-state index in [4.69, 9.17) is 4.74 Å². The fourth-order valence-electron chi connectivity index (χ4n) is 4.15. The Morgan fingerprint density at radius 1 is 1.25 bits per heavy atom. The van der Waals surface area contributed by atoms with Gasteiger partial charge in [0.05, 0.1) is 17.0 Å². The van der Waals surface area contributed by atoms with Crippen LogP contribution in [0.25, 0.3) is 10.9 Å². The normalized spacial score (nSPS) is 18.3. The molecular formula is C21H23F2N7O2. The van der Waals surface area contributed by atoms with E-state index >= 15 is 0 Å². The standard InChI is InChI=1S/C21H23F2N7O2/c1-12(13-4-3-5-15-18(13)32-11-21(15,22)23)25-19-14-10-16(30-8-6-24-7-9-30)26-27-17(14)20(31)29(2)28-19/h3-5,10,12,24H,6-9,11H2,1-2H3,(H,25,28)/t12-/m1/s1. The number of hydrogen-bond acceptors (Lipinski definition) is 8. The number of anilines is 2. The van der Waals surface area contributed by atoms with E-state index in [-0.39, 0.29) is 22.4 Å². The molecule has 3 aromatic rings. The first kappa shape index (κ1) is 20.6. The van der Waals surface area contributed by atoms with Gasteiger partial charge in [-0.05, 0) is 19.1 Å². The minimum absolute atomic E-state index is 0.117. The number of fused-ring (bicyclic) bond motifs is 2. The van der Waals surface area contributed by atoms with Crippen LogP contribution in [-0.4, -0.2) is 52.8 Å². The maximum atomic E-state index is 14.1. The first-order chi connectivity index (χ1) is 15.3. The lowest BCUT2D eigenvalue weighted by Gasteiger charge is -2.28. The highest BCUT2D eigenvalue weighted by molar-refractivity contribution is 5.89. The number of benzene rings is 1. The highest BCUT2D eigenvalue weighted by Crippen LogP contribution is 2.45. The quantitative estimate of drug-likeness (QED) is 0.630. The number of aromatic nitrogens is 4. The molecule has 0 unspecified atom stereocenters. The zero-order chi connectivity index (χ0) is 22.5. The summed E-state index contributed by atoms with van der Waals surface area (Å²) in [7, 11) is 1.54. The smallest absolute Gasteiger partial charge is 0.310 e. The van der Waals surface area contributed by atoms with Crippen LogP contribution in [0.5, 0.6) is 5.75 Å². The van der Waals surface area contributed by atoms with E-state index in [2.05, 4.69) is 30.8 Å². The SMILES string of the molecule is C[C@@H](Nc1nn(C)c(=O)c2nnc(N3CCNCC3)cc12)c1cccc2c1OCC2(F)F. The first-order valence-corrected chi connectivity index (χ1v) is 10.5. The van der Waals surface area contributed by atoms with Crippen LogP contribution < -0.4 is 25.8 Å². The molecule has 4 heterocycles. The Kier molecular flexibility index (Phi) is 4.92. The fraction of sp³-hybridized carbons (Fsp3) is 0.429. The van der Waals surface area contributed by atoms with Crippen LogP contribution in [0, 0.1) is 0 Å². The van der Waals surface area contributed by atoms with Crippen LogP contribution in [0.1, 0.15) is 24.1 Å². The summed E-state index contributed by atoms with van der Waals surface area (Å²) in [5, 5.41) is 19.9. The zero-order valence-electron chi connectivity index (χ0n) is 17.7. The Morgan fingerprint density at radius 3 is 2.81 bits per heavy atom. The molecule has 0 bridgehead atoms. The first-order valence-electron chi connectivity index (χ1n) is 10.5. The van der Waals surface area contributed by atoms with E-state index in [1.165, 1.54) is 17.8 Å². The van der Waals surface area contributed by atoms with Crippen molar-refractivity contribution in [2.24, 2.45) is 7.05 Å². The lowest BCUT2D eigenvalue weighted by molar-refractivity contribution is -0.0214. The minimum Gasteiger partial charge on any atom is -0.486 e. The number of alkyl halides is 2. The number of para-hydroxylation sites is 1. The molecule has 0 spiro atoms. The third-order valence-electron chi connectivity index (χ3n) is 5.88. The number of nitrogens with zero attached hydrogens (tertiary/aromatic N) is 5. The second kappa shape index (κ2) is 7.66. The Bertz CT molecular complexity index is 1240. The second-order valence-electron chi connectivity index (χ2n) is 8.06. The number of piperazine rings is 1. The molecule has 1 fully saturated rings. The summed E-state index contributed by atoms with van der Waals surface area (Å²) in [5.74, 6) is -1.75. The number of nitrogens with one attached hydrogen (secondary N) is 2. The number of rotatable bonds is 4. The lowest BCUT2D eigenvalue weighted by atomic mass is 10.0. The summed E-state index contributed by atoms with van der Waals surface area (Å²) in [5.41, 5.74) is 0.305. The third-order valence-corrected chi connectivity index (χ3v) is 5.88. The molecule has 5 rings (SSSR count). The molecule has 2 aliphatic rings. The van der Waals surface area contributed by atoms with Crippen molar-refractivity contribution in [3.05, 3.63) is 45.7 Å². The van der Waals surface area contributed by atoms with Gasteiger partial charge in [-0.1, -0.05) is 12.1 Å². The van der Waals surface area contributed by atoms with Crippen LogP contribution in [0.3, 0.4) is 0 Å². The van der Waals surface area contributed by atoms with E-state index in [1.807, 2.05) is 6.92 Å². The predicted molar refractivity (Wildman–Crippen MR) is 116 cm³/mol. The Hall–Kier alpha value is -3.34. The third kappa shape index (κ3) is 3.42. The molecule has 11 heteroatoms. The maximum Gasteiger partial charge on any atom is 0.310 e. The maximum absolute atomic E-state index is 14.1. The van der Waals surface area contributed by atoms with Gasteiger partial charge in [-0.2, -0.15) is 13.9 Å². The monoisotopic (exact) mass is 443 g/mol. The summed E-state index contributed by atoms with van der Waals surface area (Å²) < 4.78 is 34.8. The molecule has 9 nitrogen and oxygen atoms in total. The molecular weight excluding hydrogens is 420 g/mol. The number of aryl methyl sites for hydroxylation is 1. The topological polar surface area (TPSA) is 97.2 Å². The van der Waals surface area contributed by atoms with Crippen LogP contribution in [0.15, 0.2) is 29.1 Å². The van der Waals surface area contributed by atoms with Gasteiger partial charge in [0, 0.05) is 38.8 Å². The highest BCUT2D eigenvalue weighted by atomic mass is 19.3. The van der Waals surface area contributed by atoms with Crippen molar-refractivity contribution in [1.82, 2.24) is 25.3 Å². The molecule has 32 heavy (non-hydrogen) atoms. The number of ether oxygens (including phenoxy) is 1. The van der Waals surface area contributed by atoms with E-state index in [0.29, 0.717) is 22.6 Å². The van der Waals surface area contributed by atoms with Crippen molar-refractivity contribution in [2.45, 2.75) is 18.9 Å². The van der Waals surface area contributed by atoms with Crippen molar-refractivity contribution in [3.63, 3.8) is 0 Å². The average Bonchev–Trinajstić information content (AvgIpc) is 3.12. The summed E-state index contributed by atoms with van der Waals surface area (Å²) in [6.07, 6.45) is 0. The molecule has 1 saturated heterocycles. The minimum atomic E-state index is -3.01. The summed E-state index contributed by atoms with van der Waals surface area (Å²) in [4.78, 5) is 14.7. The highest BCUT2D eigenvalue weighted by Gasteiger charge is 2.42. The van der Waals surface area contributed by atoms with Crippen molar-refractivity contribution in [2.75, 3.05) is 43.0 Å². The van der Waals surface area contributed by atoms with Gasteiger partial charge in [0.1, 0.15) is 5.75 Å². The molecule has 2 N–H and O–H groups in total. The van der Waals surface area contributed by atoms with Crippen molar-refractivity contribution < 1.29 is 13.5 Å². The molecule has 0 aliphatic carbocycles. The van der Waals surface area contributed by atoms with Crippen LogP contribution in [0.2, 0.25) is 0 Å². The predicted octanol–water partition coefficient (Wildman–Crippen LogP) is 1.79. The largest absolute Gasteiger partial charge is 0.486 e. The van der Waals surface area contributed by atoms with Gasteiger partial charge in [0.15, 0.2) is 23.8 Å². The van der Waals surface area contributed by atoms with Crippen molar-refractivity contribution >= 4 is 22.5 Å². The van der Waals surface area contributed by atoms with Gasteiger partial charge in [0.25, 0.3) is 5.56 Å². The second-order valence-corrected chi connectivity index (χ2v) is 8.06. The fourth-order valence-corrected chi connectivity index (χ4v) is 4.15. The van der Waals surface area contributed by atoms with E-state index < -0.39 is 18.6 Å². The molecule has 1 aromatic carbocycles. The average molecular weight is 443 g/mol. The van der Waals surface area contributed by atoms with Gasteiger partial charge in [-0.25, -0.2) is 4.68 Å². The van der Waals surface area contributed by atoms with Crippen LogP contribution in [0.4, 0.5) is 20.4 Å². The van der Waals surface area contributed by atoms with E-state index in [0.717, 1.165) is 26.2 Å². The molecule has 0 amide bonds.